The van der Waals surface area contributed by atoms with E-state index in [-0.39, 0.29) is 6.04 Å². The molecule has 0 saturated carbocycles. The van der Waals surface area contributed by atoms with Crippen LogP contribution >= 0.6 is 11.8 Å². The standard InChI is InChI=1S/C11H13F2NS/c12-9-2-1-7(5-10(9)13)11(14)8-3-4-15-6-8/h1-2,5,8,11H,3-4,6,14H2. The number of thioether (sulfide) groups is 1. The molecule has 4 heteroatoms. The van der Waals surface area contributed by atoms with Gasteiger partial charge in [-0.3, -0.25) is 0 Å². The normalized spacial score (nSPS) is 23.0. The van der Waals surface area contributed by atoms with Crippen LogP contribution in [0.3, 0.4) is 0 Å². The Balaban J connectivity index is 2.17. The molecule has 0 radical (unpaired) electrons. The Kier molecular flexibility index (Phi) is 3.26. The second-order valence-electron chi connectivity index (χ2n) is 3.82. The largest absolute Gasteiger partial charge is 0.324 e. The third-order valence-corrected chi connectivity index (χ3v) is 3.99. The average Bonchev–Trinajstić information content (AvgIpc) is 2.74. The highest BCUT2D eigenvalue weighted by molar-refractivity contribution is 7.99. The van der Waals surface area contributed by atoms with E-state index in [9.17, 15) is 8.78 Å². The van der Waals surface area contributed by atoms with Crippen LogP contribution < -0.4 is 5.73 Å². The van der Waals surface area contributed by atoms with E-state index in [4.69, 9.17) is 5.73 Å². The highest BCUT2D eigenvalue weighted by Crippen LogP contribution is 2.32. The van der Waals surface area contributed by atoms with Crippen LogP contribution in [0.4, 0.5) is 8.78 Å². The Morgan fingerprint density at radius 2 is 2.13 bits per heavy atom. The Morgan fingerprint density at radius 3 is 2.73 bits per heavy atom. The summed E-state index contributed by atoms with van der Waals surface area (Å²) >= 11 is 1.86. The minimum absolute atomic E-state index is 0.171. The summed E-state index contributed by atoms with van der Waals surface area (Å²) in [4.78, 5) is 0. The van der Waals surface area contributed by atoms with Gasteiger partial charge in [0.05, 0.1) is 0 Å². The zero-order valence-corrected chi connectivity index (χ0v) is 9.07. The minimum atomic E-state index is -0.813. The van der Waals surface area contributed by atoms with E-state index >= 15 is 0 Å². The van der Waals surface area contributed by atoms with Gasteiger partial charge in [-0.2, -0.15) is 11.8 Å². The summed E-state index contributed by atoms with van der Waals surface area (Å²) < 4.78 is 25.7. The molecule has 1 aliphatic heterocycles. The third kappa shape index (κ3) is 2.32. The second-order valence-corrected chi connectivity index (χ2v) is 4.97. The summed E-state index contributed by atoms with van der Waals surface area (Å²) in [5.74, 6) is 0.891. The van der Waals surface area contributed by atoms with Crippen molar-refractivity contribution in [1.29, 1.82) is 0 Å². The summed E-state index contributed by atoms with van der Waals surface area (Å²) in [6.07, 6.45) is 1.06. The lowest BCUT2D eigenvalue weighted by molar-refractivity contribution is 0.470. The Bertz CT molecular complexity index is 350. The zero-order chi connectivity index (χ0) is 10.8. The van der Waals surface area contributed by atoms with E-state index in [1.165, 1.54) is 6.07 Å². The molecule has 0 bridgehead atoms. The number of rotatable bonds is 2. The van der Waals surface area contributed by atoms with Crippen LogP contribution in [0.5, 0.6) is 0 Å². The molecule has 1 nitrogen and oxygen atoms in total. The fourth-order valence-electron chi connectivity index (χ4n) is 1.83. The van der Waals surface area contributed by atoms with Crippen LogP contribution in [-0.2, 0) is 0 Å². The van der Waals surface area contributed by atoms with Gasteiger partial charge in [0.25, 0.3) is 0 Å². The molecule has 1 aromatic carbocycles. The molecule has 1 aromatic rings. The first-order valence-electron chi connectivity index (χ1n) is 4.97. The van der Waals surface area contributed by atoms with Crippen LogP contribution in [-0.4, -0.2) is 11.5 Å². The topological polar surface area (TPSA) is 26.0 Å². The lowest BCUT2D eigenvalue weighted by Gasteiger charge is -2.18. The molecular weight excluding hydrogens is 216 g/mol. The van der Waals surface area contributed by atoms with Crippen molar-refractivity contribution in [2.45, 2.75) is 12.5 Å². The molecule has 0 aromatic heterocycles. The van der Waals surface area contributed by atoms with Gasteiger partial charge >= 0.3 is 0 Å². The smallest absolute Gasteiger partial charge is 0.159 e. The highest BCUT2D eigenvalue weighted by Gasteiger charge is 2.24. The van der Waals surface area contributed by atoms with Gasteiger partial charge in [0.1, 0.15) is 0 Å². The maximum absolute atomic E-state index is 13.0. The van der Waals surface area contributed by atoms with Crippen molar-refractivity contribution in [2.75, 3.05) is 11.5 Å². The maximum atomic E-state index is 13.0. The molecule has 2 rings (SSSR count). The summed E-state index contributed by atoms with van der Waals surface area (Å²) in [6, 6.07) is 3.76. The van der Waals surface area contributed by atoms with Gasteiger partial charge in [-0.15, -0.1) is 0 Å². The predicted octanol–water partition coefficient (Wildman–Crippen LogP) is 2.72. The van der Waals surface area contributed by atoms with Crippen molar-refractivity contribution >= 4 is 11.8 Å². The number of hydrogen-bond acceptors (Lipinski definition) is 2. The van der Waals surface area contributed by atoms with Gasteiger partial charge in [0.2, 0.25) is 0 Å². The second kappa shape index (κ2) is 4.49. The summed E-state index contributed by atoms with van der Waals surface area (Å²) in [7, 11) is 0. The Hall–Kier alpha value is -0.610. The molecule has 1 heterocycles. The molecule has 15 heavy (non-hydrogen) atoms. The van der Waals surface area contributed by atoms with Crippen molar-refractivity contribution in [2.24, 2.45) is 11.7 Å². The molecule has 1 saturated heterocycles. The fourth-order valence-corrected chi connectivity index (χ4v) is 3.14. The van der Waals surface area contributed by atoms with Crippen LogP contribution in [0.1, 0.15) is 18.0 Å². The average molecular weight is 229 g/mol. The number of nitrogens with two attached hydrogens (primary N) is 1. The van der Waals surface area contributed by atoms with Crippen LogP contribution in [0.25, 0.3) is 0 Å². The van der Waals surface area contributed by atoms with Crippen LogP contribution in [0, 0.1) is 17.6 Å². The lowest BCUT2D eigenvalue weighted by Crippen LogP contribution is -2.21. The first-order chi connectivity index (χ1) is 7.18. The van der Waals surface area contributed by atoms with Gasteiger partial charge in [-0.25, -0.2) is 8.78 Å². The van der Waals surface area contributed by atoms with Crippen molar-refractivity contribution in [1.82, 2.24) is 0 Å². The van der Waals surface area contributed by atoms with Crippen LogP contribution in [0.15, 0.2) is 18.2 Å². The number of hydrogen-bond donors (Lipinski definition) is 1. The van der Waals surface area contributed by atoms with Crippen molar-refractivity contribution < 1.29 is 8.78 Å². The van der Waals surface area contributed by atoms with Crippen LogP contribution in [0.2, 0.25) is 0 Å². The molecule has 1 aliphatic rings. The fraction of sp³-hybridized carbons (Fsp3) is 0.455. The Morgan fingerprint density at radius 1 is 1.33 bits per heavy atom. The van der Waals surface area contributed by atoms with E-state index < -0.39 is 11.6 Å². The first kappa shape index (κ1) is 10.9. The summed E-state index contributed by atoms with van der Waals surface area (Å²) in [5.41, 5.74) is 6.71. The van der Waals surface area contributed by atoms with Crippen molar-refractivity contribution in [3.63, 3.8) is 0 Å². The monoisotopic (exact) mass is 229 g/mol. The molecule has 82 valence electrons. The van der Waals surface area contributed by atoms with E-state index in [1.807, 2.05) is 11.8 Å². The van der Waals surface area contributed by atoms with E-state index in [2.05, 4.69) is 0 Å². The maximum Gasteiger partial charge on any atom is 0.159 e. The molecule has 1 fully saturated rings. The van der Waals surface area contributed by atoms with Gasteiger partial charge in [0.15, 0.2) is 11.6 Å². The highest BCUT2D eigenvalue weighted by atomic mass is 32.2. The predicted molar refractivity (Wildman–Crippen MR) is 58.7 cm³/mol. The van der Waals surface area contributed by atoms with E-state index in [1.54, 1.807) is 6.07 Å². The van der Waals surface area contributed by atoms with E-state index in [0.717, 1.165) is 24.0 Å². The van der Waals surface area contributed by atoms with Gasteiger partial charge in [-0.05, 0) is 41.5 Å². The minimum Gasteiger partial charge on any atom is -0.324 e. The first-order valence-corrected chi connectivity index (χ1v) is 6.12. The molecule has 2 N–H and O–H groups in total. The lowest BCUT2D eigenvalue weighted by atomic mass is 9.93. The molecule has 2 atom stereocenters. The molecule has 0 aliphatic carbocycles. The SMILES string of the molecule is NC(c1ccc(F)c(F)c1)C1CCSC1. The molecule has 0 amide bonds. The Labute approximate surface area is 92.0 Å². The molecule has 2 unspecified atom stereocenters. The van der Waals surface area contributed by atoms with Crippen molar-refractivity contribution in [3.8, 4) is 0 Å². The van der Waals surface area contributed by atoms with Crippen molar-refractivity contribution in [3.05, 3.63) is 35.4 Å². The van der Waals surface area contributed by atoms with Gasteiger partial charge in [0, 0.05) is 6.04 Å². The summed E-state index contributed by atoms with van der Waals surface area (Å²) in [6.45, 7) is 0. The van der Waals surface area contributed by atoms with Gasteiger partial charge < -0.3 is 5.73 Å². The third-order valence-electron chi connectivity index (χ3n) is 2.80. The van der Waals surface area contributed by atoms with E-state index in [0.29, 0.717) is 11.5 Å². The molecule has 0 spiro atoms. The summed E-state index contributed by atoms with van der Waals surface area (Å²) in [5, 5.41) is 0. The quantitative estimate of drug-likeness (QED) is 0.843. The zero-order valence-electron chi connectivity index (χ0n) is 8.25. The number of halogens is 2. The molecular formula is C11H13F2NS. The number of benzene rings is 1. The van der Waals surface area contributed by atoms with Gasteiger partial charge in [-0.1, -0.05) is 6.07 Å².